The molecular weight excluding hydrogens is 270 g/mol. The van der Waals surface area contributed by atoms with Crippen molar-refractivity contribution >= 4 is 14.5 Å². The van der Waals surface area contributed by atoms with Gasteiger partial charge in [0.25, 0.3) is 0 Å². The smallest absolute Gasteiger partial charge is 0.399 e. The van der Waals surface area contributed by atoms with Crippen LogP contribution in [0.1, 0.15) is 32.8 Å². The molecule has 0 spiro atoms. The maximum atomic E-state index is 5.84. The van der Waals surface area contributed by atoms with Crippen LogP contribution in [0.15, 0.2) is 24.3 Å². The Labute approximate surface area is 123 Å². The third-order valence-corrected chi connectivity index (χ3v) is 6.14. The van der Waals surface area contributed by atoms with Crippen molar-refractivity contribution in [2.45, 2.75) is 39.7 Å². The Kier molecular flexibility index (Phi) is 7.83. The van der Waals surface area contributed by atoms with Gasteiger partial charge in [-0.3, -0.25) is 0 Å². The highest BCUT2D eigenvalue weighted by Gasteiger charge is 2.39. The van der Waals surface area contributed by atoms with Gasteiger partial charge in [0.05, 0.1) is 0 Å². The molecule has 1 rings (SSSR count). The van der Waals surface area contributed by atoms with E-state index in [0.717, 1.165) is 24.6 Å². The van der Waals surface area contributed by atoms with Crippen molar-refractivity contribution in [3.05, 3.63) is 29.8 Å². The molecule has 0 saturated carbocycles. The second-order valence-electron chi connectivity index (χ2n) is 4.58. The van der Waals surface area contributed by atoms with Gasteiger partial charge in [-0.15, -0.1) is 0 Å². The average Bonchev–Trinajstić information content (AvgIpc) is 2.40. The molecule has 20 heavy (non-hydrogen) atoms. The Morgan fingerprint density at radius 1 is 1.00 bits per heavy atom. The van der Waals surface area contributed by atoms with E-state index in [1.165, 1.54) is 5.56 Å². The van der Waals surface area contributed by atoms with E-state index >= 15 is 0 Å². The number of aryl methyl sites for hydroxylation is 1. The third-order valence-electron chi connectivity index (χ3n) is 2.99. The predicted octanol–water partition coefficient (Wildman–Crippen LogP) is 3.25. The first-order valence-electron chi connectivity index (χ1n) is 7.42. The van der Waals surface area contributed by atoms with Crippen LogP contribution in [0.5, 0.6) is 0 Å². The number of hydrogen-bond acceptors (Lipinski definition) is 4. The first-order valence-corrected chi connectivity index (χ1v) is 9.35. The standard InChI is InChI=1S/C15H27NO3Si/c1-4-17-20(18-5-2,19-6-3)12-8-10-14-9-7-11-15(16)13-14/h7,9,11,13H,4-6,8,10,12,16H2,1-3H3. The van der Waals surface area contributed by atoms with Gasteiger partial charge in [0.1, 0.15) is 0 Å². The summed E-state index contributed by atoms with van der Waals surface area (Å²) in [6, 6.07) is 8.86. The lowest BCUT2D eigenvalue weighted by atomic mass is 10.1. The van der Waals surface area contributed by atoms with Gasteiger partial charge in [-0.1, -0.05) is 12.1 Å². The van der Waals surface area contributed by atoms with Crippen LogP contribution in [0, 0.1) is 0 Å². The molecule has 1 aromatic carbocycles. The molecule has 0 aliphatic carbocycles. The van der Waals surface area contributed by atoms with E-state index in [4.69, 9.17) is 19.0 Å². The molecule has 1 aromatic rings. The van der Waals surface area contributed by atoms with Gasteiger partial charge in [0.15, 0.2) is 0 Å². The van der Waals surface area contributed by atoms with E-state index in [1.54, 1.807) is 0 Å². The summed E-state index contributed by atoms with van der Waals surface area (Å²) in [5.74, 6) is 0. The summed E-state index contributed by atoms with van der Waals surface area (Å²) in [7, 11) is -2.49. The Morgan fingerprint density at radius 3 is 2.10 bits per heavy atom. The molecular formula is C15H27NO3Si. The van der Waals surface area contributed by atoms with Crippen LogP contribution < -0.4 is 5.73 Å². The van der Waals surface area contributed by atoms with E-state index in [1.807, 2.05) is 39.0 Å². The van der Waals surface area contributed by atoms with Gasteiger partial charge >= 0.3 is 8.80 Å². The number of hydrogen-bond donors (Lipinski definition) is 1. The largest absolute Gasteiger partial charge is 0.500 e. The number of nitrogens with two attached hydrogens (primary N) is 1. The molecule has 4 nitrogen and oxygen atoms in total. The first kappa shape index (κ1) is 17.2. The quantitative estimate of drug-likeness (QED) is 0.532. The topological polar surface area (TPSA) is 53.7 Å². The molecule has 5 heteroatoms. The molecule has 0 aliphatic rings. The molecule has 114 valence electrons. The number of nitrogen functional groups attached to an aromatic ring is 1. The monoisotopic (exact) mass is 297 g/mol. The predicted molar refractivity (Wildman–Crippen MR) is 84.6 cm³/mol. The van der Waals surface area contributed by atoms with Gasteiger partial charge in [-0.2, -0.15) is 0 Å². The zero-order valence-electron chi connectivity index (χ0n) is 12.9. The van der Waals surface area contributed by atoms with Crippen molar-refractivity contribution in [2.24, 2.45) is 0 Å². The number of benzene rings is 1. The van der Waals surface area contributed by atoms with E-state index in [0.29, 0.717) is 19.8 Å². The fourth-order valence-corrected chi connectivity index (χ4v) is 4.87. The Bertz CT molecular complexity index is 370. The van der Waals surface area contributed by atoms with Crippen molar-refractivity contribution in [1.82, 2.24) is 0 Å². The second kappa shape index (κ2) is 9.13. The summed E-state index contributed by atoms with van der Waals surface area (Å²) >= 11 is 0. The fraction of sp³-hybridized carbons (Fsp3) is 0.600. The fourth-order valence-electron chi connectivity index (χ4n) is 2.26. The van der Waals surface area contributed by atoms with E-state index < -0.39 is 8.80 Å². The lowest BCUT2D eigenvalue weighted by Crippen LogP contribution is -2.46. The number of rotatable bonds is 10. The minimum absolute atomic E-state index is 0.629. The lowest BCUT2D eigenvalue weighted by Gasteiger charge is -2.28. The highest BCUT2D eigenvalue weighted by molar-refractivity contribution is 6.60. The summed E-state index contributed by atoms with van der Waals surface area (Å²) in [5, 5.41) is 0. The summed E-state index contributed by atoms with van der Waals surface area (Å²) in [6.07, 6.45) is 1.95. The normalized spacial score (nSPS) is 11.8. The molecule has 2 N–H and O–H groups in total. The molecule has 0 atom stereocenters. The SMILES string of the molecule is CCO[Si](CCCc1cccc(N)c1)(OCC)OCC. The van der Waals surface area contributed by atoms with E-state index in [9.17, 15) is 0 Å². The molecule has 0 saturated heterocycles. The Hall–Kier alpha value is -0.883. The maximum Gasteiger partial charge on any atom is 0.500 e. The molecule has 0 aromatic heterocycles. The second-order valence-corrected chi connectivity index (χ2v) is 7.31. The Balaban J connectivity index is 2.56. The molecule has 0 unspecified atom stereocenters. The van der Waals surface area contributed by atoms with Gasteiger partial charge in [-0.25, -0.2) is 0 Å². The van der Waals surface area contributed by atoms with Crippen molar-refractivity contribution in [3.63, 3.8) is 0 Å². The molecule has 0 fully saturated rings. The number of anilines is 1. The Morgan fingerprint density at radius 2 is 1.60 bits per heavy atom. The minimum atomic E-state index is -2.49. The first-order chi connectivity index (χ1) is 9.65. The summed E-state index contributed by atoms with van der Waals surface area (Å²) in [5.41, 5.74) is 7.85. The van der Waals surface area contributed by atoms with Gasteiger partial charge < -0.3 is 19.0 Å². The molecule has 0 aliphatic heterocycles. The summed E-state index contributed by atoms with van der Waals surface area (Å²) in [6.45, 7) is 7.84. The zero-order chi connectivity index (χ0) is 14.8. The lowest BCUT2D eigenvalue weighted by molar-refractivity contribution is 0.0708. The summed E-state index contributed by atoms with van der Waals surface area (Å²) < 4.78 is 17.5. The maximum absolute atomic E-state index is 5.84. The molecule has 0 radical (unpaired) electrons. The third kappa shape index (κ3) is 5.62. The van der Waals surface area contributed by atoms with Gasteiger partial charge in [0.2, 0.25) is 0 Å². The molecule has 0 amide bonds. The van der Waals surface area contributed by atoms with Crippen molar-refractivity contribution < 1.29 is 13.3 Å². The molecule has 0 bridgehead atoms. The van der Waals surface area contributed by atoms with Crippen LogP contribution in [0.3, 0.4) is 0 Å². The van der Waals surface area contributed by atoms with E-state index in [-0.39, 0.29) is 0 Å². The van der Waals surface area contributed by atoms with Gasteiger partial charge in [-0.05, 0) is 51.3 Å². The van der Waals surface area contributed by atoms with Crippen LogP contribution in [0.4, 0.5) is 5.69 Å². The van der Waals surface area contributed by atoms with Crippen LogP contribution in [0.25, 0.3) is 0 Å². The highest BCUT2D eigenvalue weighted by Crippen LogP contribution is 2.20. The van der Waals surface area contributed by atoms with Crippen molar-refractivity contribution in [3.8, 4) is 0 Å². The molecule has 0 heterocycles. The van der Waals surface area contributed by atoms with Crippen LogP contribution in [-0.4, -0.2) is 28.6 Å². The summed E-state index contributed by atoms with van der Waals surface area (Å²) in [4.78, 5) is 0. The van der Waals surface area contributed by atoms with Crippen molar-refractivity contribution in [1.29, 1.82) is 0 Å². The zero-order valence-corrected chi connectivity index (χ0v) is 13.9. The average molecular weight is 297 g/mol. The highest BCUT2D eigenvalue weighted by atomic mass is 28.4. The van der Waals surface area contributed by atoms with Crippen molar-refractivity contribution in [2.75, 3.05) is 25.6 Å². The van der Waals surface area contributed by atoms with Gasteiger partial charge in [0, 0.05) is 31.6 Å². The van der Waals surface area contributed by atoms with Crippen LogP contribution >= 0.6 is 0 Å². The van der Waals surface area contributed by atoms with E-state index in [2.05, 4.69) is 6.07 Å². The van der Waals surface area contributed by atoms with Crippen LogP contribution in [0.2, 0.25) is 6.04 Å². The van der Waals surface area contributed by atoms with Crippen LogP contribution in [-0.2, 0) is 19.7 Å². The minimum Gasteiger partial charge on any atom is -0.399 e.